The van der Waals surface area contributed by atoms with Gasteiger partial charge in [-0.15, -0.1) is 0 Å². The number of pyridine rings is 1. The van der Waals surface area contributed by atoms with Crippen LogP contribution >= 0.6 is 0 Å². The summed E-state index contributed by atoms with van der Waals surface area (Å²) in [6.45, 7) is 4.75. The molecule has 0 aliphatic carbocycles. The molecular formula is C25H32F2N2O4. The van der Waals surface area contributed by atoms with E-state index in [1.807, 2.05) is 0 Å². The maximum atomic E-state index is 13.7. The van der Waals surface area contributed by atoms with Crippen molar-refractivity contribution in [3.05, 3.63) is 63.1 Å². The second kappa shape index (κ2) is 12.9. The number of amides is 1. The van der Waals surface area contributed by atoms with Gasteiger partial charge in [-0.3, -0.25) is 14.4 Å². The summed E-state index contributed by atoms with van der Waals surface area (Å²) >= 11 is 0. The molecule has 0 atom stereocenters. The molecule has 2 heterocycles. The van der Waals surface area contributed by atoms with Crippen molar-refractivity contribution in [3.8, 4) is 5.75 Å². The summed E-state index contributed by atoms with van der Waals surface area (Å²) in [7, 11) is 1.26. The van der Waals surface area contributed by atoms with Crippen LogP contribution in [0, 0.1) is 11.6 Å². The Morgan fingerprint density at radius 2 is 1.82 bits per heavy atom. The van der Waals surface area contributed by atoms with E-state index in [0.29, 0.717) is 25.5 Å². The van der Waals surface area contributed by atoms with Crippen LogP contribution in [0.25, 0.3) is 0 Å². The fraction of sp³-hybridized carbons (Fsp3) is 0.480. The molecule has 2 aromatic rings. The molecule has 1 aliphatic rings. The fourth-order valence-electron chi connectivity index (χ4n) is 3.59. The minimum absolute atomic E-state index is 0.0833. The van der Waals surface area contributed by atoms with Crippen LogP contribution in [-0.2, 0) is 13.1 Å². The maximum absolute atomic E-state index is 13.7. The second-order valence-corrected chi connectivity index (χ2v) is 7.95. The molecule has 180 valence electrons. The minimum Gasteiger partial charge on any atom is -0.491 e. The van der Waals surface area contributed by atoms with E-state index in [2.05, 4.69) is 19.2 Å². The van der Waals surface area contributed by atoms with Crippen LogP contribution in [0.5, 0.6) is 5.75 Å². The van der Waals surface area contributed by atoms with Gasteiger partial charge in [0.2, 0.25) is 5.43 Å². The Balaban J connectivity index is 0.000000479. The number of Topliss-reactive ketones (excluding diaryl/α,β-unsaturated/α-hetero) is 1. The zero-order valence-electron chi connectivity index (χ0n) is 19.5. The van der Waals surface area contributed by atoms with E-state index in [0.717, 1.165) is 6.07 Å². The number of halogens is 2. The zero-order valence-corrected chi connectivity index (χ0v) is 19.5. The van der Waals surface area contributed by atoms with Crippen LogP contribution in [0.15, 0.2) is 29.2 Å². The number of ketones is 1. The first-order valence-electron chi connectivity index (χ1n) is 11.4. The number of ether oxygens (including phenoxy) is 1. The summed E-state index contributed by atoms with van der Waals surface area (Å²) < 4.78 is 33.2. The van der Waals surface area contributed by atoms with Gasteiger partial charge in [-0.2, -0.15) is 0 Å². The van der Waals surface area contributed by atoms with Crippen molar-refractivity contribution in [2.45, 2.75) is 71.9 Å². The molecule has 0 saturated carbocycles. The number of nitrogens with zero attached hydrogens (tertiary/aromatic N) is 1. The molecule has 6 nitrogen and oxygen atoms in total. The zero-order chi connectivity index (χ0) is 24.4. The number of carbonyl (C=O) groups excluding carboxylic acids is 2. The number of carbonyl (C=O) groups is 2. The smallest absolute Gasteiger partial charge is 0.257 e. The molecule has 1 aromatic heterocycles. The molecule has 8 heteroatoms. The van der Waals surface area contributed by atoms with Crippen molar-refractivity contribution in [1.82, 2.24) is 9.88 Å². The van der Waals surface area contributed by atoms with E-state index in [-0.39, 0.29) is 34.9 Å². The first-order chi connectivity index (χ1) is 15.8. The summed E-state index contributed by atoms with van der Waals surface area (Å²) in [6, 6.07) is 3.00. The van der Waals surface area contributed by atoms with E-state index in [1.165, 1.54) is 56.0 Å². The maximum Gasteiger partial charge on any atom is 0.257 e. The molecule has 1 amide bonds. The molecule has 0 bridgehead atoms. The van der Waals surface area contributed by atoms with Crippen molar-refractivity contribution < 1.29 is 23.1 Å². The third-order valence-corrected chi connectivity index (χ3v) is 5.42. The SMILES string of the molecule is CCCCCCC.COc1c2n(cc(C(=O)NCc3ccc(F)cc3F)c1=O)CCCC2=O. The number of rotatable bonds is 8. The number of unbranched alkanes of at least 4 members (excludes halogenated alkanes) is 4. The molecule has 0 spiro atoms. The summed E-state index contributed by atoms with van der Waals surface area (Å²) in [6.07, 6.45) is 9.23. The molecule has 1 N–H and O–H groups in total. The Labute approximate surface area is 193 Å². The first kappa shape index (κ1) is 26.2. The summed E-state index contributed by atoms with van der Waals surface area (Å²) in [4.78, 5) is 37.0. The Bertz CT molecular complexity index is 1030. The van der Waals surface area contributed by atoms with Gasteiger partial charge in [0, 0.05) is 37.3 Å². The predicted molar refractivity (Wildman–Crippen MR) is 123 cm³/mol. The highest BCUT2D eigenvalue weighted by molar-refractivity contribution is 6.00. The van der Waals surface area contributed by atoms with Crippen LogP contribution < -0.4 is 15.5 Å². The average Bonchev–Trinajstić information content (AvgIpc) is 2.79. The van der Waals surface area contributed by atoms with Crippen molar-refractivity contribution >= 4 is 11.7 Å². The van der Waals surface area contributed by atoms with Gasteiger partial charge in [-0.25, -0.2) is 8.78 Å². The van der Waals surface area contributed by atoms with Crippen molar-refractivity contribution in [1.29, 1.82) is 0 Å². The van der Waals surface area contributed by atoms with Crippen molar-refractivity contribution in [2.75, 3.05) is 7.11 Å². The van der Waals surface area contributed by atoms with Gasteiger partial charge < -0.3 is 14.6 Å². The number of hydrogen-bond donors (Lipinski definition) is 1. The van der Waals surface area contributed by atoms with Crippen molar-refractivity contribution in [2.24, 2.45) is 0 Å². The Morgan fingerprint density at radius 1 is 1.12 bits per heavy atom. The monoisotopic (exact) mass is 462 g/mol. The summed E-state index contributed by atoms with van der Waals surface area (Å²) in [5.74, 6) is -2.64. The largest absolute Gasteiger partial charge is 0.491 e. The van der Waals surface area contributed by atoms with Crippen LogP contribution in [0.3, 0.4) is 0 Å². The molecule has 0 saturated heterocycles. The molecule has 0 radical (unpaired) electrons. The summed E-state index contributed by atoms with van der Waals surface area (Å²) in [5.41, 5.74) is -0.668. The third-order valence-electron chi connectivity index (χ3n) is 5.42. The lowest BCUT2D eigenvalue weighted by Gasteiger charge is -2.21. The lowest BCUT2D eigenvalue weighted by molar-refractivity contribution is 0.0930. The van der Waals surface area contributed by atoms with Gasteiger partial charge in [0.15, 0.2) is 11.5 Å². The number of aromatic nitrogens is 1. The van der Waals surface area contributed by atoms with Gasteiger partial charge in [0.05, 0.1) is 7.11 Å². The Kier molecular flexibility index (Phi) is 10.2. The quantitative estimate of drug-likeness (QED) is 0.559. The van der Waals surface area contributed by atoms with Gasteiger partial charge >= 0.3 is 0 Å². The predicted octanol–water partition coefficient (Wildman–Crippen LogP) is 5.02. The van der Waals surface area contributed by atoms with Crippen LogP contribution in [-0.4, -0.2) is 23.4 Å². The highest BCUT2D eigenvalue weighted by atomic mass is 19.1. The van der Waals surface area contributed by atoms with Crippen molar-refractivity contribution in [3.63, 3.8) is 0 Å². The Morgan fingerprint density at radius 3 is 2.42 bits per heavy atom. The summed E-state index contributed by atoms with van der Waals surface area (Å²) in [5, 5.41) is 2.43. The number of nitrogens with one attached hydrogen (secondary N) is 1. The molecular weight excluding hydrogens is 430 g/mol. The molecule has 0 unspecified atom stereocenters. The highest BCUT2D eigenvalue weighted by Crippen LogP contribution is 2.22. The number of hydrogen-bond acceptors (Lipinski definition) is 4. The standard InChI is InChI=1S/C18H16F2N2O4.C7H16/c1-26-17-15-14(23)3-2-6-22(15)9-12(16(17)24)18(25)21-8-10-4-5-11(19)7-13(10)20;1-3-5-7-6-4-2/h4-5,7,9H,2-3,6,8H2,1H3,(H,21,25);3-7H2,1-2H3. The second-order valence-electron chi connectivity index (χ2n) is 7.95. The van der Waals surface area contributed by atoms with Gasteiger partial charge in [0.1, 0.15) is 22.9 Å². The third kappa shape index (κ3) is 6.97. The molecule has 1 aromatic carbocycles. The average molecular weight is 463 g/mol. The van der Waals surface area contributed by atoms with E-state index < -0.39 is 23.0 Å². The fourth-order valence-corrected chi connectivity index (χ4v) is 3.59. The number of fused-ring (bicyclic) bond motifs is 1. The topological polar surface area (TPSA) is 77.4 Å². The van der Waals surface area contributed by atoms with E-state index >= 15 is 0 Å². The first-order valence-corrected chi connectivity index (χ1v) is 11.4. The number of aryl methyl sites for hydroxylation is 1. The normalized spacial score (nSPS) is 12.5. The number of methoxy groups -OCH3 is 1. The minimum atomic E-state index is -0.796. The van der Waals surface area contributed by atoms with E-state index in [1.54, 1.807) is 0 Å². The van der Waals surface area contributed by atoms with E-state index in [4.69, 9.17) is 4.74 Å². The van der Waals surface area contributed by atoms with E-state index in [9.17, 15) is 23.2 Å². The van der Waals surface area contributed by atoms with Gasteiger partial charge in [0.25, 0.3) is 5.91 Å². The van der Waals surface area contributed by atoms with Gasteiger partial charge in [-0.05, 0) is 12.5 Å². The molecule has 3 rings (SSSR count). The highest BCUT2D eigenvalue weighted by Gasteiger charge is 2.27. The lowest BCUT2D eigenvalue weighted by atomic mass is 10.0. The molecule has 33 heavy (non-hydrogen) atoms. The Hall–Kier alpha value is -3.03. The lowest BCUT2D eigenvalue weighted by Crippen LogP contribution is -2.33. The van der Waals surface area contributed by atoms with Crippen LogP contribution in [0.4, 0.5) is 8.78 Å². The van der Waals surface area contributed by atoms with Crippen LogP contribution in [0.2, 0.25) is 0 Å². The van der Waals surface area contributed by atoms with Crippen LogP contribution in [0.1, 0.15) is 85.2 Å². The number of benzene rings is 1. The van der Waals surface area contributed by atoms with Gasteiger partial charge in [-0.1, -0.05) is 52.0 Å². The molecule has 0 fully saturated rings. The molecule has 1 aliphatic heterocycles.